The summed E-state index contributed by atoms with van der Waals surface area (Å²) in [5, 5.41) is 10.6. The summed E-state index contributed by atoms with van der Waals surface area (Å²) >= 11 is 0. The van der Waals surface area contributed by atoms with Crippen LogP contribution >= 0.6 is 0 Å². The topological polar surface area (TPSA) is 67.1 Å². The molecule has 0 spiro atoms. The number of nitrogens with one attached hydrogen (secondary N) is 2. The van der Waals surface area contributed by atoms with Gasteiger partial charge >= 0.3 is 0 Å². The molecule has 1 heterocycles. The fourth-order valence-corrected chi connectivity index (χ4v) is 2.35. The van der Waals surface area contributed by atoms with Gasteiger partial charge in [0.15, 0.2) is 5.96 Å². The quantitative estimate of drug-likeness (QED) is 0.444. The molecule has 0 aliphatic carbocycles. The van der Waals surface area contributed by atoms with Crippen LogP contribution < -0.4 is 10.6 Å². The second-order valence-electron chi connectivity index (χ2n) is 5.45. The summed E-state index contributed by atoms with van der Waals surface area (Å²) in [6, 6.07) is 10.6. The summed E-state index contributed by atoms with van der Waals surface area (Å²) in [4.78, 5) is 8.40. The number of nitrogens with zero attached hydrogens (tertiary/aromatic N) is 4. The van der Waals surface area contributed by atoms with Crippen LogP contribution in [0.5, 0.6) is 0 Å². The number of unbranched alkanes of at least 4 members (excludes halogenated alkanes) is 2. The minimum absolute atomic E-state index is 0.615. The van der Waals surface area contributed by atoms with Crippen LogP contribution in [0.1, 0.15) is 30.7 Å². The van der Waals surface area contributed by atoms with Crippen molar-refractivity contribution in [3.63, 3.8) is 0 Å². The van der Waals surface area contributed by atoms with E-state index in [-0.39, 0.29) is 0 Å². The zero-order chi connectivity index (χ0) is 16.3. The van der Waals surface area contributed by atoms with Gasteiger partial charge in [-0.3, -0.25) is 9.67 Å². The Balaban J connectivity index is 1.56. The number of aliphatic imine (C=N–C) groups is 1. The maximum absolute atomic E-state index is 4.22. The average molecular weight is 314 g/mol. The van der Waals surface area contributed by atoms with Crippen LogP contribution in [-0.4, -0.2) is 34.3 Å². The van der Waals surface area contributed by atoms with Crippen molar-refractivity contribution in [1.82, 2.24) is 25.4 Å². The molecule has 0 bridgehead atoms. The number of guanidine groups is 1. The Morgan fingerprint density at radius 2 is 1.96 bits per heavy atom. The second-order valence-corrected chi connectivity index (χ2v) is 5.45. The van der Waals surface area contributed by atoms with Gasteiger partial charge in [-0.15, -0.1) is 0 Å². The Morgan fingerprint density at radius 3 is 2.65 bits per heavy atom. The summed E-state index contributed by atoms with van der Waals surface area (Å²) in [6.45, 7) is 1.54. The van der Waals surface area contributed by atoms with Crippen molar-refractivity contribution in [2.24, 2.45) is 12.0 Å². The van der Waals surface area contributed by atoms with Crippen LogP contribution in [0.3, 0.4) is 0 Å². The van der Waals surface area contributed by atoms with Crippen molar-refractivity contribution < 1.29 is 0 Å². The van der Waals surface area contributed by atoms with Gasteiger partial charge in [-0.2, -0.15) is 5.10 Å². The molecule has 0 fully saturated rings. The number of aromatic nitrogens is 3. The lowest BCUT2D eigenvalue weighted by Gasteiger charge is -2.11. The van der Waals surface area contributed by atoms with Crippen LogP contribution in [-0.2, 0) is 20.0 Å². The third-order valence-corrected chi connectivity index (χ3v) is 3.72. The summed E-state index contributed by atoms with van der Waals surface area (Å²) in [5.41, 5.74) is 1.42. The van der Waals surface area contributed by atoms with Crippen LogP contribution in [0.25, 0.3) is 0 Å². The van der Waals surface area contributed by atoms with Crippen LogP contribution in [0, 0.1) is 0 Å². The molecule has 6 heteroatoms. The normalized spacial score (nSPS) is 11.5. The van der Waals surface area contributed by atoms with E-state index in [0.717, 1.165) is 31.2 Å². The number of benzene rings is 1. The smallest absolute Gasteiger partial charge is 0.191 e. The molecule has 0 aliphatic rings. The van der Waals surface area contributed by atoms with E-state index < -0.39 is 0 Å². The van der Waals surface area contributed by atoms with E-state index in [4.69, 9.17) is 0 Å². The summed E-state index contributed by atoms with van der Waals surface area (Å²) < 4.78 is 1.75. The lowest BCUT2D eigenvalue weighted by Crippen LogP contribution is -2.37. The molecule has 0 aliphatic heterocycles. The Kier molecular flexibility index (Phi) is 7.10. The highest BCUT2D eigenvalue weighted by Gasteiger charge is 2.02. The summed E-state index contributed by atoms with van der Waals surface area (Å²) in [5.74, 6) is 1.69. The van der Waals surface area contributed by atoms with E-state index in [1.54, 1.807) is 18.1 Å². The fraction of sp³-hybridized carbons (Fsp3) is 0.471. The second kappa shape index (κ2) is 9.61. The molecule has 1 aromatic carbocycles. The van der Waals surface area contributed by atoms with Crippen LogP contribution in [0.4, 0.5) is 0 Å². The molecular weight excluding hydrogens is 288 g/mol. The van der Waals surface area contributed by atoms with E-state index in [2.05, 4.69) is 56.0 Å². The van der Waals surface area contributed by atoms with Crippen molar-refractivity contribution in [2.75, 3.05) is 13.6 Å². The number of hydrogen-bond donors (Lipinski definition) is 2. The predicted molar refractivity (Wildman–Crippen MR) is 93.2 cm³/mol. The first-order chi connectivity index (χ1) is 11.3. The fourth-order valence-electron chi connectivity index (χ4n) is 2.35. The Hall–Kier alpha value is -2.37. The van der Waals surface area contributed by atoms with Crippen molar-refractivity contribution >= 4 is 5.96 Å². The van der Waals surface area contributed by atoms with Crippen LogP contribution in [0.2, 0.25) is 0 Å². The highest BCUT2D eigenvalue weighted by atomic mass is 15.3. The highest BCUT2D eigenvalue weighted by Crippen LogP contribution is 2.05. The van der Waals surface area contributed by atoms with Gasteiger partial charge in [0.25, 0.3) is 0 Å². The molecule has 0 amide bonds. The molecule has 23 heavy (non-hydrogen) atoms. The van der Waals surface area contributed by atoms with Crippen LogP contribution in [0.15, 0.2) is 41.7 Å². The predicted octanol–water partition coefficient (Wildman–Crippen LogP) is 1.89. The lowest BCUT2D eigenvalue weighted by molar-refractivity contribution is 0.645. The van der Waals surface area contributed by atoms with Gasteiger partial charge in [-0.25, -0.2) is 4.98 Å². The molecule has 1 aromatic heterocycles. The minimum atomic E-state index is 0.615. The zero-order valence-electron chi connectivity index (χ0n) is 14.0. The Morgan fingerprint density at radius 1 is 1.13 bits per heavy atom. The highest BCUT2D eigenvalue weighted by molar-refractivity contribution is 5.79. The standard InChI is InChI=1S/C17H26N6/c1-18-17(20-13-16-21-14-22-23(16)2)19-12-8-4-7-11-15-9-5-3-6-10-15/h3,5-6,9-10,14H,4,7-8,11-13H2,1-2H3,(H2,18,19,20). The molecule has 2 N–H and O–H groups in total. The van der Waals surface area contributed by atoms with Gasteiger partial charge in [0.1, 0.15) is 12.2 Å². The van der Waals surface area contributed by atoms with Crippen molar-refractivity contribution in [3.05, 3.63) is 48.0 Å². The Bertz CT molecular complexity index is 590. The monoisotopic (exact) mass is 314 g/mol. The van der Waals surface area contributed by atoms with Crippen molar-refractivity contribution in [1.29, 1.82) is 0 Å². The van der Waals surface area contributed by atoms with E-state index in [1.165, 1.54) is 18.4 Å². The summed E-state index contributed by atoms with van der Waals surface area (Å²) in [6.07, 6.45) is 6.27. The van der Waals surface area contributed by atoms with Gasteiger partial charge < -0.3 is 10.6 Å². The molecule has 124 valence electrons. The molecule has 6 nitrogen and oxygen atoms in total. The third kappa shape index (κ3) is 6.10. The van der Waals surface area contributed by atoms with Gasteiger partial charge in [0, 0.05) is 20.6 Å². The molecule has 0 unspecified atom stereocenters. The molecular formula is C17H26N6. The zero-order valence-corrected chi connectivity index (χ0v) is 14.0. The van der Waals surface area contributed by atoms with Gasteiger partial charge in [-0.05, 0) is 24.8 Å². The molecule has 2 rings (SSSR count). The van der Waals surface area contributed by atoms with Gasteiger partial charge in [0.05, 0.1) is 6.54 Å². The van der Waals surface area contributed by atoms with E-state index >= 15 is 0 Å². The average Bonchev–Trinajstić information content (AvgIpc) is 2.99. The Labute approximate surface area is 138 Å². The first kappa shape index (κ1) is 17.0. The first-order valence-electron chi connectivity index (χ1n) is 8.11. The molecule has 0 saturated carbocycles. The number of rotatable bonds is 8. The third-order valence-electron chi connectivity index (χ3n) is 3.72. The summed E-state index contributed by atoms with van der Waals surface area (Å²) in [7, 11) is 3.66. The number of aryl methyl sites for hydroxylation is 2. The minimum Gasteiger partial charge on any atom is -0.356 e. The van der Waals surface area contributed by atoms with Crippen molar-refractivity contribution in [3.8, 4) is 0 Å². The SMILES string of the molecule is CN=C(NCCCCCc1ccccc1)NCc1ncnn1C. The lowest BCUT2D eigenvalue weighted by atomic mass is 10.1. The number of hydrogen-bond acceptors (Lipinski definition) is 3. The van der Waals surface area contributed by atoms with Crippen molar-refractivity contribution in [2.45, 2.75) is 32.2 Å². The van der Waals surface area contributed by atoms with E-state index in [0.29, 0.717) is 6.54 Å². The largest absolute Gasteiger partial charge is 0.356 e. The van der Waals surface area contributed by atoms with Gasteiger partial charge in [-0.1, -0.05) is 36.8 Å². The molecule has 2 aromatic rings. The molecule has 0 atom stereocenters. The maximum Gasteiger partial charge on any atom is 0.191 e. The molecule has 0 radical (unpaired) electrons. The molecule has 0 saturated heterocycles. The van der Waals surface area contributed by atoms with E-state index in [9.17, 15) is 0 Å². The first-order valence-corrected chi connectivity index (χ1v) is 8.11. The van der Waals surface area contributed by atoms with E-state index in [1.807, 2.05) is 7.05 Å². The maximum atomic E-state index is 4.22. The van der Waals surface area contributed by atoms with Gasteiger partial charge in [0.2, 0.25) is 0 Å².